The minimum Gasteiger partial charge on any atom is -0.389 e. The predicted molar refractivity (Wildman–Crippen MR) is 94.7 cm³/mol. The van der Waals surface area contributed by atoms with E-state index in [0.29, 0.717) is 12.8 Å². The SMILES string of the molecule is C=C1CC(O)/C(C(C)C)=C\C=C(\C)CC/C=C(\C)CCC1O. The van der Waals surface area contributed by atoms with E-state index in [4.69, 9.17) is 0 Å². The Labute approximate surface area is 135 Å². The molecule has 0 heterocycles. The number of hydrogen-bond acceptors (Lipinski definition) is 2. The number of hydrogen-bond donors (Lipinski definition) is 2. The second-order valence-electron chi connectivity index (χ2n) is 6.86. The zero-order valence-corrected chi connectivity index (χ0v) is 14.6. The second kappa shape index (κ2) is 9.12. The van der Waals surface area contributed by atoms with Gasteiger partial charge in [0, 0.05) is 6.42 Å². The van der Waals surface area contributed by atoms with Crippen LogP contribution in [0.5, 0.6) is 0 Å². The summed E-state index contributed by atoms with van der Waals surface area (Å²) >= 11 is 0. The van der Waals surface area contributed by atoms with Gasteiger partial charge in [-0.15, -0.1) is 0 Å². The highest BCUT2D eigenvalue weighted by Crippen LogP contribution is 2.24. The molecule has 2 unspecified atom stereocenters. The summed E-state index contributed by atoms with van der Waals surface area (Å²) in [5, 5.41) is 20.7. The normalized spacial score (nSPS) is 33.2. The Balaban J connectivity index is 3.02. The molecule has 0 saturated carbocycles. The Bertz CT molecular complexity index is 466. The van der Waals surface area contributed by atoms with Crippen molar-refractivity contribution in [3.8, 4) is 0 Å². The zero-order valence-electron chi connectivity index (χ0n) is 14.6. The van der Waals surface area contributed by atoms with E-state index < -0.39 is 12.2 Å². The van der Waals surface area contributed by atoms with E-state index in [9.17, 15) is 10.2 Å². The molecule has 0 aromatic heterocycles. The summed E-state index contributed by atoms with van der Waals surface area (Å²) in [6.07, 6.45) is 9.39. The zero-order chi connectivity index (χ0) is 16.7. The number of aliphatic hydroxyl groups excluding tert-OH is 2. The molecule has 0 aromatic carbocycles. The van der Waals surface area contributed by atoms with Gasteiger partial charge < -0.3 is 10.2 Å². The Morgan fingerprint density at radius 3 is 2.36 bits per heavy atom. The molecule has 1 aliphatic carbocycles. The van der Waals surface area contributed by atoms with Crippen LogP contribution in [0, 0.1) is 5.92 Å². The van der Waals surface area contributed by atoms with Crippen LogP contribution < -0.4 is 0 Å². The fourth-order valence-electron chi connectivity index (χ4n) is 2.73. The predicted octanol–water partition coefficient (Wildman–Crippen LogP) is 4.70. The lowest BCUT2D eigenvalue weighted by Gasteiger charge is -2.22. The molecule has 1 rings (SSSR count). The van der Waals surface area contributed by atoms with E-state index in [1.54, 1.807) is 0 Å². The quantitative estimate of drug-likeness (QED) is 0.689. The summed E-state index contributed by atoms with van der Waals surface area (Å²) < 4.78 is 0. The van der Waals surface area contributed by atoms with Crippen LogP contribution in [0.1, 0.15) is 59.8 Å². The van der Waals surface area contributed by atoms with Crippen LogP contribution in [-0.2, 0) is 0 Å². The topological polar surface area (TPSA) is 40.5 Å². The highest BCUT2D eigenvalue weighted by atomic mass is 16.3. The molecule has 0 amide bonds. The van der Waals surface area contributed by atoms with E-state index in [0.717, 1.165) is 30.4 Å². The first-order valence-corrected chi connectivity index (χ1v) is 8.38. The lowest BCUT2D eigenvalue weighted by Crippen LogP contribution is -2.20. The van der Waals surface area contributed by atoms with Gasteiger partial charge in [-0.25, -0.2) is 0 Å². The number of allylic oxidation sites excluding steroid dienone is 5. The van der Waals surface area contributed by atoms with Gasteiger partial charge in [-0.3, -0.25) is 0 Å². The van der Waals surface area contributed by atoms with Crippen LogP contribution >= 0.6 is 0 Å². The summed E-state index contributed by atoms with van der Waals surface area (Å²) in [7, 11) is 0. The molecule has 0 saturated heterocycles. The van der Waals surface area contributed by atoms with Gasteiger partial charge in [-0.2, -0.15) is 0 Å². The largest absolute Gasteiger partial charge is 0.389 e. The first-order chi connectivity index (χ1) is 10.3. The minimum atomic E-state index is -0.564. The standard InChI is InChI=1S/C20H32O2/c1-14(2)18-11-9-15(3)7-6-8-16(4)10-12-19(21)17(5)13-20(18)22/h8-9,11,14,19-22H,5-7,10,12-13H2,1-4H3/b15-9-,16-8+,18-11-. The number of aliphatic hydroxyl groups is 2. The molecule has 0 bridgehead atoms. The lowest BCUT2D eigenvalue weighted by atomic mass is 9.90. The molecule has 0 aromatic rings. The van der Waals surface area contributed by atoms with Crippen molar-refractivity contribution >= 4 is 0 Å². The van der Waals surface area contributed by atoms with Crippen molar-refractivity contribution in [2.45, 2.75) is 72.0 Å². The van der Waals surface area contributed by atoms with Crippen LogP contribution in [0.3, 0.4) is 0 Å². The summed E-state index contributed by atoms with van der Waals surface area (Å²) in [6.45, 7) is 12.4. The molecular formula is C20H32O2. The van der Waals surface area contributed by atoms with Gasteiger partial charge in [0.1, 0.15) is 0 Å². The Morgan fingerprint density at radius 1 is 1.05 bits per heavy atom. The Kier molecular flexibility index (Phi) is 7.84. The van der Waals surface area contributed by atoms with E-state index >= 15 is 0 Å². The van der Waals surface area contributed by atoms with Gasteiger partial charge in [-0.1, -0.05) is 49.8 Å². The lowest BCUT2D eigenvalue weighted by molar-refractivity contribution is 0.163. The van der Waals surface area contributed by atoms with Gasteiger partial charge in [0.25, 0.3) is 0 Å². The van der Waals surface area contributed by atoms with Crippen molar-refractivity contribution < 1.29 is 10.2 Å². The van der Waals surface area contributed by atoms with Crippen molar-refractivity contribution in [3.05, 3.63) is 47.1 Å². The molecule has 0 fully saturated rings. The van der Waals surface area contributed by atoms with Crippen LogP contribution in [-0.4, -0.2) is 22.4 Å². The molecule has 124 valence electrons. The highest BCUT2D eigenvalue weighted by Gasteiger charge is 2.18. The first-order valence-electron chi connectivity index (χ1n) is 8.38. The van der Waals surface area contributed by atoms with Crippen molar-refractivity contribution in [2.75, 3.05) is 0 Å². The van der Waals surface area contributed by atoms with Gasteiger partial charge in [0.2, 0.25) is 0 Å². The van der Waals surface area contributed by atoms with Gasteiger partial charge >= 0.3 is 0 Å². The second-order valence-corrected chi connectivity index (χ2v) is 6.86. The average Bonchev–Trinajstić information content (AvgIpc) is 2.43. The molecule has 0 radical (unpaired) electrons. The maximum atomic E-state index is 10.5. The summed E-state index contributed by atoms with van der Waals surface area (Å²) in [6, 6.07) is 0. The highest BCUT2D eigenvalue weighted by molar-refractivity contribution is 5.23. The van der Waals surface area contributed by atoms with Crippen LogP contribution in [0.15, 0.2) is 47.1 Å². The van der Waals surface area contributed by atoms with Crippen molar-refractivity contribution in [3.63, 3.8) is 0 Å². The number of rotatable bonds is 1. The molecular weight excluding hydrogens is 272 g/mol. The Hall–Kier alpha value is -1.12. The van der Waals surface area contributed by atoms with E-state index in [2.05, 4.69) is 46.4 Å². The van der Waals surface area contributed by atoms with Crippen molar-refractivity contribution in [1.29, 1.82) is 0 Å². The molecule has 2 atom stereocenters. The molecule has 0 aliphatic heterocycles. The fourth-order valence-corrected chi connectivity index (χ4v) is 2.73. The third-order valence-electron chi connectivity index (χ3n) is 4.38. The smallest absolute Gasteiger partial charge is 0.0793 e. The van der Waals surface area contributed by atoms with Gasteiger partial charge in [-0.05, 0) is 56.6 Å². The summed E-state index contributed by atoms with van der Waals surface area (Å²) in [5.41, 5.74) is 4.38. The molecule has 1 aliphatic rings. The van der Waals surface area contributed by atoms with E-state index in [1.165, 1.54) is 11.1 Å². The summed E-state index contributed by atoms with van der Waals surface area (Å²) in [4.78, 5) is 0. The molecule has 22 heavy (non-hydrogen) atoms. The van der Waals surface area contributed by atoms with Crippen molar-refractivity contribution in [1.82, 2.24) is 0 Å². The van der Waals surface area contributed by atoms with Gasteiger partial charge in [0.15, 0.2) is 0 Å². The maximum Gasteiger partial charge on any atom is 0.0793 e. The summed E-state index contributed by atoms with van der Waals surface area (Å²) in [5.74, 6) is 0.277. The van der Waals surface area contributed by atoms with Crippen molar-refractivity contribution in [2.24, 2.45) is 5.92 Å². The minimum absolute atomic E-state index is 0.277. The van der Waals surface area contributed by atoms with Gasteiger partial charge in [0.05, 0.1) is 12.2 Å². The first kappa shape index (κ1) is 18.9. The molecule has 2 N–H and O–H groups in total. The monoisotopic (exact) mass is 304 g/mol. The maximum absolute atomic E-state index is 10.5. The molecule has 2 nitrogen and oxygen atoms in total. The molecule has 2 heteroatoms. The van der Waals surface area contributed by atoms with Crippen LogP contribution in [0.2, 0.25) is 0 Å². The third kappa shape index (κ3) is 6.33. The fraction of sp³-hybridized carbons (Fsp3) is 0.600. The average molecular weight is 304 g/mol. The molecule has 0 spiro atoms. The third-order valence-corrected chi connectivity index (χ3v) is 4.38. The van der Waals surface area contributed by atoms with Crippen LogP contribution in [0.4, 0.5) is 0 Å². The van der Waals surface area contributed by atoms with Crippen LogP contribution in [0.25, 0.3) is 0 Å². The van der Waals surface area contributed by atoms with E-state index in [1.807, 2.05) is 6.08 Å². The Morgan fingerprint density at radius 2 is 1.73 bits per heavy atom. The van der Waals surface area contributed by atoms with E-state index in [-0.39, 0.29) is 5.92 Å².